The average Bonchev–Trinajstić information content (AvgIpc) is 2.92. The number of halogens is 2. The maximum atomic E-state index is 12.5. The van der Waals surface area contributed by atoms with E-state index in [9.17, 15) is 5.11 Å². The van der Waals surface area contributed by atoms with Crippen molar-refractivity contribution in [2.45, 2.75) is 58.5 Å². The first-order valence-electron chi connectivity index (χ1n) is 10.2. The van der Waals surface area contributed by atoms with Crippen molar-refractivity contribution < 1.29 is 26.0 Å². The van der Waals surface area contributed by atoms with Gasteiger partial charge in [0.15, 0.2) is 0 Å². The van der Waals surface area contributed by atoms with Crippen LogP contribution in [0.1, 0.15) is 44.4 Å². The number of aliphatic hydroxyl groups is 1. The molecule has 0 saturated heterocycles. The van der Waals surface area contributed by atoms with Gasteiger partial charge in [-0.2, -0.15) is 0 Å². The van der Waals surface area contributed by atoms with E-state index in [1.165, 1.54) is 22.3 Å². The summed E-state index contributed by atoms with van der Waals surface area (Å²) in [6.45, 7) is 15.8. The second-order valence-corrected chi connectivity index (χ2v) is 17.2. The number of benzene rings is 2. The van der Waals surface area contributed by atoms with Crippen LogP contribution in [-0.2, 0) is 26.1 Å². The van der Waals surface area contributed by atoms with E-state index in [-0.39, 0.29) is 7.43 Å². The van der Waals surface area contributed by atoms with Crippen LogP contribution < -0.4 is 0 Å². The Morgan fingerprint density at radius 1 is 0.806 bits per heavy atom. The van der Waals surface area contributed by atoms with Crippen molar-refractivity contribution in [3.05, 3.63) is 101 Å². The fraction of sp³-hybridized carbons (Fsp3) is 0.346. The molecule has 3 rings (SSSR count). The van der Waals surface area contributed by atoms with Gasteiger partial charge in [-0.05, 0) is 62.5 Å². The molecule has 0 bridgehead atoms. The summed E-state index contributed by atoms with van der Waals surface area (Å²) < 4.78 is 0. The molecule has 2 aromatic rings. The summed E-state index contributed by atoms with van der Waals surface area (Å²) in [5.74, 6) is 0. The van der Waals surface area contributed by atoms with Crippen molar-refractivity contribution >= 4 is 25.1 Å². The summed E-state index contributed by atoms with van der Waals surface area (Å²) in [4.78, 5) is 0. The third kappa shape index (κ3) is 5.22. The predicted octanol–water partition coefficient (Wildman–Crippen LogP) is 8.36. The van der Waals surface area contributed by atoms with E-state index in [0.717, 1.165) is 16.7 Å². The Morgan fingerprint density at radius 2 is 1.23 bits per heavy atom. The van der Waals surface area contributed by atoms with Crippen LogP contribution in [0.5, 0.6) is 0 Å². The summed E-state index contributed by atoms with van der Waals surface area (Å²) in [7, 11) is 7.56. The van der Waals surface area contributed by atoms with Gasteiger partial charge < -0.3 is 12.5 Å². The van der Waals surface area contributed by atoms with E-state index in [1.54, 1.807) is 0 Å². The number of allylic oxidation sites excluding steroid dienone is 4. The van der Waals surface area contributed by atoms with Gasteiger partial charge in [-0.25, -0.2) is 0 Å². The molecule has 0 spiro atoms. The summed E-state index contributed by atoms with van der Waals surface area (Å²) >= 11 is -0.826. The minimum absolute atomic E-state index is 0. The third-order valence-corrected chi connectivity index (χ3v) is 11.7. The molecule has 0 aromatic heterocycles. The molecule has 1 aliphatic rings. The summed E-state index contributed by atoms with van der Waals surface area (Å²) in [5, 5.41) is 11.6. The number of aryl methyl sites for hydroxylation is 1. The summed E-state index contributed by atoms with van der Waals surface area (Å²) in [6.07, 6.45) is 0. The van der Waals surface area contributed by atoms with Crippen LogP contribution in [0.25, 0.3) is 0 Å². The molecule has 0 amide bonds. The molecule has 168 valence electrons. The zero-order valence-electron chi connectivity index (χ0n) is 20.0. The van der Waals surface area contributed by atoms with Crippen LogP contribution >= 0.6 is 17.0 Å². The van der Waals surface area contributed by atoms with E-state index < -0.39 is 34.1 Å². The van der Waals surface area contributed by atoms with Gasteiger partial charge in [-0.15, -0.1) is 0 Å². The Labute approximate surface area is 209 Å². The van der Waals surface area contributed by atoms with Crippen LogP contribution in [-0.4, -0.2) is 13.2 Å². The molecule has 0 fully saturated rings. The maximum absolute atomic E-state index is 12.5. The fourth-order valence-electron chi connectivity index (χ4n) is 5.17. The van der Waals surface area contributed by atoms with Gasteiger partial charge in [0.25, 0.3) is 0 Å². The fourth-order valence-corrected chi connectivity index (χ4v) is 10.1. The second kappa shape index (κ2) is 11.6. The van der Waals surface area contributed by atoms with Gasteiger partial charge in [0.2, 0.25) is 0 Å². The zero-order valence-corrected chi connectivity index (χ0v) is 24.9. The Kier molecular flexibility index (Phi) is 10.7. The Hall–Kier alpha value is -0.440. The van der Waals surface area contributed by atoms with Crippen molar-refractivity contribution in [2.75, 3.05) is 0 Å². The Bertz CT molecular complexity index is 929. The van der Waals surface area contributed by atoms with Crippen LogP contribution in [0.3, 0.4) is 0 Å². The Morgan fingerprint density at radius 3 is 1.68 bits per heavy atom. The molecule has 1 aliphatic carbocycles. The van der Waals surface area contributed by atoms with E-state index in [1.807, 2.05) is 18.2 Å². The van der Waals surface area contributed by atoms with Crippen LogP contribution in [0.15, 0.2) is 76.9 Å². The van der Waals surface area contributed by atoms with Crippen molar-refractivity contribution in [3.63, 3.8) is 0 Å². The van der Waals surface area contributed by atoms with E-state index in [2.05, 4.69) is 84.1 Å². The normalized spacial score (nSPS) is 16.3. The van der Waals surface area contributed by atoms with E-state index in [0.29, 0.717) is 5.54 Å². The molecule has 1 unspecified atom stereocenters. The zero-order chi connectivity index (χ0) is 22.7. The SMILES string of the molecule is CC1=C(C)C([Si](C)(C)C(O)(c2ccccc2)c2ccccc2C)C(C)=C1C.[CH3-].[Cl][Zr][Cl]. The summed E-state index contributed by atoms with van der Waals surface area (Å²) in [6, 6.07) is 18.6. The molecule has 0 saturated carbocycles. The molecule has 0 radical (unpaired) electrons. The van der Waals surface area contributed by atoms with Crippen molar-refractivity contribution in [1.29, 1.82) is 0 Å². The molecule has 0 heterocycles. The molecule has 1 N–H and O–H groups in total. The minimum atomic E-state index is -2.31. The van der Waals surface area contributed by atoms with Gasteiger partial charge in [-0.1, -0.05) is 78.8 Å². The quantitative estimate of drug-likeness (QED) is 0.298. The molecular formula is C26H35Cl2OSiZr-. The van der Waals surface area contributed by atoms with Gasteiger partial charge >= 0.3 is 37.9 Å². The van der Waals surface area contributed by atoms with Crippen LogP contribution in [0.2, 0.25) is 18.6 Å². The average molecular weight is 554 g/mol. The van der Waals surface area contributed by atoms with E-state index >= 15 is 0 Å². The molecule has 5 heteroatoms. The Balaban J connectivity index is 0.00000113. The number of hydrogen-bond donors (Lipinski definition) is 1. The first kappa shape index (κ1) is 28.6. The first-order valence-corrected chi connectivity index (χ1v) is 19.6. The number of hydrogen-bond acceptors (Lipinski definition) is 1. The van der Waals surface area contributed by atoms with Gasteiger partial charge in [-0.3, -0.25) is 0 Å². The van der Waals surface area contributed by atoms with Gasteiger partial charge in [0, 0.05) is 5.54 Å². The predicted molar refractivity (Wildman–Crippen MR) is 137 cm³/mol. The van der Waals surface area contributed by atoms with Crippen LogP contribution in [0, 0.1) is 14.4 Å². The molecular weight excluding hydrogens is 519 g/mol. The molecule has 0 aliphatic heterocycles. The molecule has 1 atom stereocenters. The van der Waals surface area contributed by atoms with Gasteiger partial charge in [0.1, 0.15) is 13.3 Å². The molecule has 31 heavy (non-hydrogen) atoms. The van der Waals surface area contributed by atoms with Crippen molar-refractivity contribution in [3.8, 4) is 0 Å². The van der Waals surface area contributed by atoms with E-state index in [4.69, 9.17) is 17.0 Å². The van der Waals surface area contributed by atoms with Crippen molar-refractivity contribution in [1.82, 2.24) is 0 Å². The molecule has 1 nitrogen and oxygen atoms in total. The standard InChI is InChI=1S/C25H32OSi.CH3.2ClH.Zr/c1-17-13-11-12-16-23(17)25(26,22-14-9-8-10-15-22)27(6,7)24-20(4)18(2)19(3)21(24)5;;;;/h8-16,24,26H,1-7H3;1H3;2*1H;/q;-1;;;+2/p-2. The van der Waals surface area contributed by atoms with Crippen LogP contribution in [0.4, 0.5) is 0 Å². The summed E-state index contributed by atoms with van der Waals surface area (Å²) in [5.41, 5.74) is 9.22. The van der Waals surface area contributed by atoms with Crippen molar-refractivity contribution in [2.24, 2.45) is 0 Å². The monoisotopic (exact) mass is 551 g/mol. The second-order valence-electron chi connectivity index (χ2n) is 8.73. The third-order valence-electron chi connectivity index (χ3n) is 6.99. The van der Waals surface area contributed by atoms with Gasteiger partial charge in [0.05, 0.1) is 0 Å². The number of rotatable bonds is 4. The first-order chi connectivity index (χ1) is 14.0. The molecule has 2 aromatic carbocycles. The topological polar surface area (TPSA) is 20.2 Å².